The zero-order valence-electron chi connectivity index (χ0n) is 15.3. The number of benzene rings is 1. The Morgan fingerprint density at radius 1 is 1.22 bits per heavy atom. The van der Waals surface area contributed by atoms with Gasteiger partial charge in [0, 0.05) is 11.3 Å². The molecule has 0 saturated heterocycles. The lowest BCUT2D eigenvalue weighted by atomic mass is 10.1. The van der Waals surface area contributed by atoms with Crippen LogP contribution >= 0.6 is 0 Å². The van der Waals surface area contributed by atoms with Crippen LogP contribution in [0, 0.1) is 0 Å². The quantitative estimate of drug-likeness (QED) is 0.606. The van der Waals surface area contributed by atoms with Crippen LogP contribution in [0.5, 0.6) is 5.75 Å². The van der Waals surface area contributed by atoms with Gasteiger partial charge in [-0.1, -0.05) is 18.6 Å². The maximum Gasteiger partial charge on any atom is 0.255 e. The third-order valence-electron chi connectivity index (χ3n) is 5.05. The van der Waals surface area contributed by atoms with Gasteiger partial charge in [0.05, 0.1) is 36.8 Å². The minimum Gasteiger partial charge on any atom is -0.497 e. The number of hydrogen-bond donors (Lipinski definition) is 3. The van der Waals surface area contributed by atoms with Crippen molar-refractivity contribution in [2.24, 2.45) is 0 Å². The van der Waals surface area contributed by atoms with E-state index >= 15 is 0 Å². The van der Waals surface area contributed by atoms with Gasteiger partial charge in [0.1, 0.15) is 5.75 Å². The number of amides is 1. The van der Waals surface area contributed by atoms with Crippen LogP contribution in [-0.2, 0) is 19.4 Å². The first kappa shape index (κ1) is 17.3. The Hall–Kier alpha value is -3.09. The van der Waals surface area contributed by atoms with E-state index in [1.54, 1.807) is 13.3 Å². The fourth-order valence-electron chi connectivity index (χ4n) is 3.59. The summed E-state index contributed by atoms with van der Waals surface area (Å²) in [5.41, 5.74) is 5.46. The highest BCUT2D eigenvalue weighted by Gasteiger charge is 2.19. The minimum absolute atomic E-state index is 0.174. The minimum atomic E-state index is -0.174. The summed E-state index contributed by atoms with van der Waals surface area (Å²) in [6, 6.07) is 7.54. The van der Waals surface area contributed by atoms with Crippen molar-refractivity contribution in [3.05, 3.63) is 53.0 Å². The van der Waals surface area contributed by atoms with Crippen molar-refractivity contribution >= 4 is 5.91 Å². The van der Waals surface area contributed by atoms with Gasteiger partial charge in [0.25, 0.3) is 5.91 Å². The largest absolute Gasteiger partial charge is 0.497 e. The molecule has 0 radical (unpaired) electrons. The lowest BCUT2D eigenvalue weighted by Gasteiger charge is -2.07. The first-order valence-corrected chi connectivity index (χ1v) is 9.27. The number of carbonyl (C=O) groups excluding carboxylic acids is 1. The maximum absolute atomic E-state index is 12.7. The molecule has 4 rings (SSSR count). The molecule has 3 aromatic rings. The second-order valence-corrected chi connectivity index (χ2v) is 6.76. The van der Waals surface area contributed by atoms with Crippen LogP contribution in [0.3, 0.4) is 0 Å². The number of aryl methyl sites for hydroxylation is 1. The lowest BCUT2D eigenvalue weighted by Crippen LogP contribution is -2.23. The Labute approximate surface area is 157 Å². The van der Waals surface area contributed by atoms with Gasteiger partial charge in [0.15, 0.2) is 0 Å². The van der Waals surface area contributed by atoms with Crippen LogP contribution in [0.2, 0.25) is 0 Å². The number of nitrogens with one attached hydrogen (secondary N) is 3. The summed E-state index contributed by atoms with van der Waals surface area (Å²) in [5, 5.41) is 17.5. The van der Waals surface area contributed by atoms with Crippen molar-refractivity contribution in [2.75, 3.05) is 7.11 Å². The van der Waals surface area contributed by atoms with Crippen LogP contribution in [0.15, 0.2) is 30.5 Å². The first-order chi connectivity index (χ1) is 13.3. The second kappa shape index (κ2) is 7.65. The molecule has 0 spiro atoms. The molecule has 7 nitrogen and oxygen atoms in total. The summed E-state index contributed by atoms with van der Waals surface area (Å²) in [6.07, 6.45) is 7.23. The van der Waals surface area contributed by atoms with Gasteiger partial charge in [-0.05, 0) is 43.4 Å². The summed E-state index contributed by atoms with van der Waals surface area (Å²) >= 11 is 0. The Balaban J connectivity index is 1.50. The third-order valence-corrected chi connectivity index (χ3v) is 5.05. The van der Waals surface area contributed by atoms with Gasteiger partial charge in [-0.25, -0.2) is 0 Å². The molecule has 0 unspecified atom stereocenters. The Kier molecular flexibility index (Phi) is 4.91. The molecule has 0 aliphatic heterocycles. The number of carbonyl (C=O) groups is 1. The number of fused-ring (bicyclic) bond motifs is 1. The van der Waals surface area contributed by atoms with Gasteiger partial charge in [0.2, 0.25) is 0 Å². The van der Waals surface area contributed by atoms with E-state index in [-0.39, 0.29) is 5.91 Å². The van der Waals surface area contributed by atoms with Gasteiger partial charge >= 0.3 is 0 Å². The second-order valence-electron chi connectivity index (χ2n) is 6.76. The van der Waals surface area contributed by atoms with Gasteiger partial charge < -0.3 is 10.1 Å². The lowest BCUT2D eigenvalue weighted by molar-refractivity contribution is 0.0951. The number of methoxy groups -OCH3 is 1. The smallest absolute Gasteiger partial charge is 0.255 e. The number of aromatic nitrogens is 4. The molecule has 0 bridgehead atoms. The summed E-state index contributed by atoms with van der Waals surface area (Å²) < 4.78 is 5.27. The van der Waals surface area contributed by atoms with E-state index in [1.807, 2.05) is 24.3 Å². The number of rotatable bonds is 5. The van der Waals surface area contributed by atoms with Crippen LogP contribution in [0.1, 0.15) is 46.6 Å². The fraction of sp³-hybridized carbons (Fsp3) is 0.350. The van der Waals surface area contributed by atoms with E-state index in [9.17, 15) is 4.79 Å². The van der Waals surface area contributed by atoms with Crippen molar-refractivity contribution in [1.82, 2.24) is 25.7 Å². The van der Waals surface area contributed by atoms with E-state index in [0.717, 1.165) is 29.8 Å². The summed E-state index contributed by atoms with van der Waals surface area (Å²) in [7, 11) is 1.62. The van der Waals surface area contributed by atoms with E-state index in [0.29, 0.717) is 17.8 Å². The number of ether oxygens (including phenoxy) is 1. The topological polar surface area (TPSA) is 95.7 Å². The van der Waals surface area contributed by atoms with E-state index in [1.165, 1.54) is 30.5 Å². The molecule has 1 aliphatic carbocycles. The molecule has 1 aromatic carbocycles. The average molecular weight is 365 g/mol. The van der Waals surface area contributed by atoms with Crippen LogP contribution in [-0.4, -0.2) is 33.4 Å². The fourth-order valence-corrected chi connectivity index (χ4v) is 3.59. The molecule has 27 heavy (non-hydrogen) atoms. The molecule has 0 fully saturated rings. The number of hydrogen-bond acceptors (Lipinski definition) is 4. The molecule has 1 aliphatic rings. The SMILES string of the molecule is COc1cccc(-c2[nH]ncc2C(=O)NCc2n[nH]c3c2CCCCC3)c1. The zero-order valence-corrected chi connectivity index (χ0v) is 15.3. The highest BCUT2D eigenvalue weighted by molar-refractivity contribution is 5.99. The molecule has 3 N–H and O–H groups in total. The van der Waals surface area contributed by atoms with Crippen molar-refractivity contribution < 1.29 is 9.53 Å². The van der Waals surface area contributed by atoms with Crippen LogP contribution in [0.25, 0.3) is 11.3 Å². The Bertz CT molecular complexity index is 944. The standard InChI is InChI=1S/C20H23N5O2/c1-27-14-7-5-6-13(10-14)19-16(11-22-25-19)20(26)21-12-18-15-8-3-2-4-9-17(15)23-24-18/h5-7,10-11H,2-4,8-9,12H2,1H3,(H,21,26)(H,22,25)(H,23,24). The van der Waals surface area contributed by atoms with Crippen molar-refractivity contribution in [1.29, 1.82) is 0 Å². The molecule has 2 heterocycles. The monoisotopic (exact) mass is 365 g/mol. The average Bonchev–Trinajstić information content (AvgIpc) is 3.27. The van der Waals surface area contributed by atoms with Crippen LogP contribution < -0.4 is 10.1 Å². The predicted octanol–water partition coefficient (Wildman–Crippen LogP) is 3.01. The highest BCUT2D eigenvalue weighted by Crippen LogP contribution is 2.25. The summed E-state index contributed by atoms with van der Waals surface area (Å²) in [4.78, 5) is 12.7. The molecule has 0 atom stereocenters. The van der Waals surface area contributed by atoms with Crippen molar-refractivity contribution in [3.63, 3.8) is 0 Å². The maximum atomic E-state index is 12.7. The molecular formula is C20H23N5O2. The van der Waals surface area contributed by atoms with Crippen molar-refractivity contribution in [2.45, 2.75) is 38.6 Å². The molecular weight excluding hydrogens is 342 g/mol. The van der Waals surface area contributed by atoms with Gasteiger partial charge in [-0.15, -0.1) is 0 Å². The zero-order chi connectivity index (χ0) is 18.6. The van der Waals surface area contributed by atoms with Gasteiger partial charge in [-0.3, -0.25) is 15.0 Å². The van der Waals surface area contributed by atoms with E-state index in [2.05, 4.69) is 25.7 Å². The number of aromatic amines is 2. The first-order valence-electron chi connectivity index (χ1n) is 9.27. The molecule has 0 saturated carbocycles. The number of nitrogens with zero attached hydrogens (tertiary/aromatic N) is 2. The van der Waals surface area contributed by atoms with E-state index in [4.69, 9.17) is 4.74 Å². The molecule has 2 aromatic heterocycles. The molecule has 1 amide bonds. The number of H-pyrrole nitrogens is 2. The predicted molar refractivity (Wildman–Crippen MR) is 102 cm³/mol. The van der Waals surface area contributed by atoms with E-state index < -0.39 is 0 Å². The molecule has 7 heteroatoms. The summed E-state index contributed by atoms with van der Waals surface area (Å²) in [6.45, 7) is 0.410. The Morgan fingerprint density at radius 2 is 2.11 bits per heavy atom. The normalized spacial score (nSPS) is 13.7. The highest BCUT2D eigenvalue weighted by atomic mass is 16.5. The van der Waals surface area contributed by atoms with Crippen LogP contribution in [0.4, 0.5) is 0 Å². The van der Waals surface area contributed by atoms with Gasteiger partial charge in [-0.2, -0.15) is 10.2 Å². The summed E-state index contributed by atoms with van der Waals surface area (Å²) in [5.74, 6) is 0.555. The third kappa shape index (κ3) is 3.58. The Morgan fingerprint density at radius 3 is 3.00 bits per heavy atom. The van der Waals surface area contributed by atoms with Crippen molar-refractivity contribution in [3.8, 4) is 17.0 Å². The molecule has 140 valence electrons.